The lowest BCUT2D eigenvalue weighted by Crippen LogP contribution is -2.31. The molecule has 0 radical (unpaired) electrons. The Morgan fingerprint density at radius 2 is 1.48 bits per heavy atom. The third kappa shape index (κ3) is 3.69. The molecule has 0 unspecified atom stereocenters. The van der Waals surface area contributed by atoms with Crippen molar-refractivity contribution < 1.29 is 18.4 Å². The van der Waals surface area contributed by atoms with E-state index in [1.807, 2.05) is 30.3 Å². The van der Waals surface area contributed by atoms with Gasteiger partial charge in [0.05, 0.1) is 16.2 Å². The van der Waals surface area contributed by atoms with Gasteiger partial charge in [-0.25, -0.2) is 13.7 Å². The van der Waals surface area contributed by atoms with Gasteiger partial charge in [-0.15, -0.1) is 0 Å². The van der Waals surface area contributed by atoms with Crippen LogP contribution in [0.3, 0.4) is 0 Å². The standard InChI is InChI=1S/C22H12ClF2NO2S/c23-14-8-6-13(7-9-14)19-20(29-16-4-2-1-3-5-16)22(28)26(21(19)27)15-10-11-17(24)18(25)12-15/h1-12H. The van der Waals surface area contributed by atoms with Gasteiger partial charge in [0.1, 0.15) is 0 Å². The van der Waals surface area contributed by atoms with Crippen LogP contribution in [0.15, 0.2) is 82.6 Å². The topological polar surface area (TPSA) is 37.4 Å². The maximum atomic E-state index is 13.7. The van der Waals surface area contributed by atoms with Crippen molar-refractivity contribution in [3.63, 3.8) is 0 Å². The van der Waals surface area contributed by atoms with Crippen molar-refractivity contribution in [2.75, 3.05) is 4.90 Å². The predicted molar refractivity (Wildman–Crippen MR) is 110 cm³/mol. The number of thioether (sulfide) groups is 1. The summed E-state index contributed by atoms with van der Waals surface area (Å²) in [6, 6.07) is 18.5. The van der Waals surface area contributed by atoms with E-state index in [1.54, 1.807) is 24.3 Å². The van der Waals surface area contributed by atoms with E-state index >= 15 is 0 Å². The van der Waals surface area contributed by atoms with Gasteiger partial charge >= 0.3 is 0 Å². The summed E-state index contributed by atoms with van der Waals surface area (Å²) in [5.74, 6) is -3.40. The van der Waals surface area contributed by atoms with E-state index in [0.717, 1.165) is 33.7 Å². The Morgan fingerprint density at radius 3 is 2.14 bits per heavy atom. The molecule has 0 aromatic heterocycles. The number of hydrogen-bond donors (Lipinski definition) is 0. The van der Waals surface area contributed by atoms with Gasteiger partial charge in [0, 0.05) is 16.0 Å². The maximum absolute atomic E-state index is 13.7. The molecule has 0 saturated heterocycles. The van der Waals surface area contributed by atoms with Crippen molar-refractivity contribution in [2.45, 2.75) is 4.90 Å². The largest absolute Gasteiger partial charge is 0.272 e. The fourth-order valence-electron chi connectivity index (χ4n) is 2.94. The SMILES string of the molecule is O=C1C(Sc2ccccc2)=C(c2ccc(Cl)cc2)C(=O)N1c1ccc(F)c(F)c1. The molecule has 1 heterocycles. The highest BCUT2D eigenvalue weighted by Gasteiger charge is 2.40. The number of imide groups is 1. The Balaban J connectivity index is 1.83. The van der Waals surface area contributed by atoms with Crippen molar-refractivity contribution >= 4 is 46.4 Å². The minimum Gasteiger partial charge on any atom is -0.268 e. The summed E-state index contributed by atoms with van der Waals surface area (Å²) in [5, 5.41) is 0.487. The number of carbonyl (C=O) groups excluding carboxylic acids is 2. The summed E-state index contributed by atoms with van der Waals surface area (Å²) < 4.78 is 27.1. The molecule has 0 saturated carbocycles. The molecule has 7 heteroatoms. The summed E-state index contributed by atoms with van der Waals surface area (Å²) in [6.45, 7) is 0. The first-order chi connectivity index (χ1) is 14.0. The lowest BCUT2D eigenvalue weighted by molar-refractivity contribution is -0.119. The van der Waals surface area contributed by atoms with Crippen LogP contribution in [-0.2, 0) is 9.59 Å². The summed E-state index contributed by atoms with van der Waals surface area (Å²) in [4.78, 5) is 28.2. The fraction of sp³-hybridized carbons (Fsp3) is 0. The maximum Gasteiger partial charge on any atom is 0.272 e. The number of benzene rings is 3. The predicted octanol–water partition coefficient (Wildman–Crippen LogP) is 5.70. The lowest BCUT2D eigenvalue weighted by Gasteiger charge is -2.15. The minimum absolute atomic E-state index is 0.0333. The van der Waals surface area contributed by atoms with Gasteiger partial charge in [0.25, 0.3) is 11.8 Å². The summed E-state index contributed by atoms with van der Waals surface area (Å²) >= 11 is 7.09. The number of amides is 2. The zero-order chi connectivity index (χ0) is 20.5. The Hall–Kier alpha value is -2.96. The number of rotatable bonds is 4. The molecule has 1 aliphatic heterocycles. The number of nitrogens with zero attached hydrogens (tertiary/aromatic N) is 1. The number of halogens is 3. The van der Waals surface area contributed by atoms with Crippen LogP contribution in [0.25, 0.3) is 5.57 Å². The van der Waals surface area contributed by atoms with Crippen LogP contribution in [0.4, 0.5) is 14.5 Å². The van der Waals surface area contributed by atoms with Gasteiger partial charge in [-0.05, 0) is 42.0 Å². The van der Waals surface area contributed by atoms with Crippen molar-refractivity contribution in [1.29, 1.82) is 0 Å². The second-order valence-electron chi connectivity index (χ2n) is 6.17. The molecular weight excluding hydrogens is 416 g/mol. The number of anilines is 1. The molecule has 1 aliphatic rings. The van der Waals surface area contributed by atoms with Gasteiger partial charge in [0.2, 0.25) is 0 Å². The molecule has 2 amide bonds. The molecule has 3 aromatic rings. The van der Waals surface area contributed by atoms with E-state index in [2.05, 4.69) is 0 Å². The third-order valence-corrected chi connectivity index (χ3v) is 5.64. The van der Waals surface area contributed by atoms with Crippen LogP contribution < -0.4 is 4.90 Å². The van der Waals surface area contributed by atoms with Crippen LogP contribution in [0.1, 0.15) is 5.56 Å². The fourth-order valence-corrected chi connectivity index (χ4v) is 4.08. The van der Waals surface area contributed by atoms with E-state index in [0.29, 0.717) is 10.6 Å². The van der Waals surface area contributed by atoms with Crippen molar-refractivity contribution in [3.05, 3.63) is 99.9 Å². The first kappa shape index (κ1) is 19.4. The normalized spacial score (nSPS) is 14.1. The molecule has 3 aromatic carbocycles. The van der Waals surface area contributed by atoms with Gasteiger partial charge in [0.15, 0.2) is 11.6 Å². The van der Waals surface area contributed by atoms with Crippen LogP contribution in [0, 0.1) is 11.6 Å². The molecule has 29 heavy (non-hydrogen) atoms. The molecule has 0 atom stereocenters. The van der Waals surface area contributed by atoms with Crippen LogP contribution in [0.5, 0.6) is 0 Å². The van der Waals surface area contributed by atoms with E-state index in [1.165, 1.54) is 6.07 Å². The minimum atomic E-state index is -1.14. The van der Waals surface area contributed by atoms with Gasteiger partial charge < -0.3 is 0 Å². The number of carbonyl (C=O) groups is 2. The highest BCUT2D eigenvalue weighted by atomic mass is 35.5. The second kappa shape index (κ2) is 7.81. The monoisotopic (exact) mass is 427 g/mol. The molecule has 0 bridgehead atoms. The average molecular weight is 428 g/mol. The highest BCUT2D eigenvalue weighted by Crippen LogP contribution is 2.41. The van der Waals surface area contributed by atoms with Crippen molar-refractivity contribution in [1.82, 2.24) is 0 Å². The Labute approximate surface area is 174 Å². The third-order valence-electron chi connectivity index (χ3n) is 4.30. The van der Waals surface area contributed by atoms with Crippen LogP contribution >= 0.6 is 23.4 Å². The van der Waals surface area contributed by atoms with Crippen LogP contribution in [-0.4, -0.2) is 11.8 Å². The van der Waals surface area contributed by atoms with E-state index in [4.69, 9.17) is 11.6 Å². The smallest absolute Gasteiger partial charge is 0.268 e. The lowest BCUT2D eigenvalue weighted by atomic mass is 10.1. The highest BCUT2D eigenvalue weighted by molar-refractivity contribution is 8.04. The summed E-state index contributed by atoms with van der Waals surface area (Å²) in [7, 11) is 0. The molecule has 144 valence electrons. The van der Waals surface area contributed by atoms with Gasteiger partial charge in [-0.1, -0.05) is 53.7 Å². The summed E-state index contributed by atoms with van der Waals surface area (Å²) in [6.07, 6.45) is 0. The Bertz CT molecular complexity index is 1150. The zero-order valence-electron chi connectivity index (χ0n) is 14.7. The molecule has 0 N–H and O–H groups in total. The van der Waals surface area contributed by atoms with Crippen LogP contribution in [0.2, 0.25) is 5.02 Å². The van der Waals surface area contributed by atoms with Crippen molar-refractivity contribution in [3.8, 4) is 0 Å². The quantitative estimate of drug-likeness (QED) is 0.501. The Kier molecular flexibility index (Phi) is 5.22. The number of hydrogen-bond acceptors (Lipinski definition) is 3. The molecule has 0 fully saturated rings. The Morgan fingerprint density at radius 1 is 0.793 bits per heavy atom. The van der Waals surface area contributed by atoms with E-state index in [-0.39, 0.29) is 16.2 Å². The first-order valence-electron chi connectivity index (χ1n) is 8.52. The second-order valence-corrected chi connectivity index (χ2v) is 7.69. The first-order valence-corrected chi connectivity index (χ1v) is 9.72. The van der Waals surface area contributed by atoms with E-state index in [9.17, 15) is 18.4 Å². The van der Waals surface area contributed by atoms with Gasteiger partial charge in [-0.3, -0.25) is 9.59 Å². The van der Waals surface area contributed by atoms with Gasteiger partial charge in [-0.2, -0.15) is 0 Å². The zero-order valence-corrected chi connectivity index (χ0v) is 16.3. The molecule has 4 rings (SSSR count). The average Bonchev–Trinajstić information content (AvgIpc) is 2.95. The molecule has 0 spiro atoms. The molecular formula is C22H12ClF2NO2S. The molecule has 3 nitrogen and oxygen atoms in total. The summed E-state index contributed by atoms with van der Waals surface area (Å²) in [5.41, 5.74) is 0.663. The van der Waals surface area contributed by atoms with E-state index < -0.39 is 23.4 Å². The van der Waals surface area contributed by atoms with Crippen molar-refractivity contribution in [2.24, 2.45) is 0 Å². The molecule has 0 aliphatic carbocycles.